The number of hydrogen-bond acceptors (Lipinski definition) is 3. The minimum absolute atomic E-state index is 0.0241. The first-order valence-electron chi connectivity index (χ1n) is 8.92. The molecule has 0 saturated carbocycles. The van der Waals surface area contributed by atoms with Crippen LogP contribution in [0.5, 0.6) is 0 Å². The molecular weight excluding hydrogens is 364 g/mol. The molecule has 3 heterocycles. The average Bonchev–Trinajstić information content (AvgIpc) is 3.27. The second kappa shape index (κ2) is 7.40. The third kappa shape index (κ3) is 3.66. The molecule has 0 spiro atoms. The van der Waals surface area contributed by atoms with E-state index in [0.717, 1.165) is 17.8 Å². The van der Waals surface area contributed by atoms with Crippen LogP contribution in [0.25, 0.3) is 5.65 Å². The minimum atomic E-state index is -0.217. The van der Waals surface area contributed by atoms with E-state index in [2.05, 4.69) is 10.3 Å². The molecule has 1 saturated heterocycles. The van der Waals surface area contributed by atoms with E-state index < -0.39 is 0 Å². The van der Waals surface area contributed by atoms with E-state index in [1.165, 1.54) is 0 Å². The zero-order valence-electron chi connectivity index (χ0n) is 14.7. The summed E-state index contributed by atoms with van der Waals surface area (Å²) < 4.78 is 1.95. The largest absolute Gasteiger partial charge is 0.352 e. The summed E-state index contributed by atoms with van der Waals surface area (Å²) in [6.07, 6.45) is 5.82. The van der Waals surface area contributed by atoms with Gasteiger partial charge in [-0.05, 0) is 36.8 Å². The van der Waals surface area contributed by atoms with Gasteiger partial charge in [0.05, 0.1) is 16.9 Å². The highest BCUT2D eigenvalue weighted by atomic mass is 35.5. The fraction of sp³-hybridized carbons (Fsp3) is 0.250. The van der Waals surface area contributed by atoms with E-state index >= 15 is 0 Å². The number of anilines is 1. The Morgan fingerprint density at radius 2 is 2.15 bits per heavy atom. The van der Waals surface area contributed by atoms with Crippen molar-refractivity contribution in [1.29, 1.82) is 0 Å². The summed E-state index contributed by atoms with van der Waals surface area (Å²) in [7, 11) is 0. The zero-order chi connectivity index (χ0) is 18.8. The Kier molecular flexibility index (Phi) is 4.81. The molecule has 2 aromatic heterocycles. The minimum Gasteiger partial charge on any atom is -0.352 e. The second-order valence-corrected chi connectivity index (χ2v) is 6.95. The Balaban J connectivity index is 1.45. The third-order valence-electron chi connectivity index (χ3n) is 4.65. The molecule has 1 N–H and O–H groups in total. The average molecular weight is 383 g/mol. The van der Waals surface area contributed by atoms with Gasteiger partial charge in [-0.2, -0.15) is 0 Å². The number of benzene rings is 1. The summed E-state index contributed by atoms with van der Waals surface area (Å²) in [5.74, 6) is -0.193. The fourth-order valence-electron chi connectivity index (χ4n) is 3.33. The summed E-state index contributed by atoms with van der Waals surface area (Å²) in [5, 5.41) is 3.43. The third-order valence-corrected chi connectivity index (χ3v) is 4.88. The van der Waals surface area contributed by atoms with E-state index in [0.29, 0.717) is 42.2 Å². The molecule has 4 rings (SSSR count). The lowest BCUT2D eigenvalue weighted by molar-refractivity contribution is -0.117. The summed E-state index contributed by atoms with van der Waals surface area (Å²) in [4.78, 5) is 30.9. The lowest BCUT2D eigenvalue weighted by atomic mass is 10.1. The summed E-state index contributed by atoms with van der Waals surface area (Å²) >= 11 is 6.09. The number of carbonyl (C=O) groups excluding carboxylic acids is 2. The molecule has 1 aliphatic heterocycles. The first kappa shape index (κ1) is 17.5. The highest BCUT2D eigenvalue weighted by Crippen LogP contribution is 2.28. The van der Waals surface area contributed by atoms with Crippen LogP contribution in [0, 0.1) is 0 Å². The standard InChI is InChI=1S/C20H19ClN4O2/c21-14-6-7-16(17(12-14)25-11-3-5-19(25)26)20(27)22-9-8-15-13-24-10-2-1-4-18(24)23-15/h1-2,4,6-7,10,12-13H,3,5,8-9,11H2,(H,22,27). The van der Waals surface area contributed by atoms with Gasteiger partial charge in [0.25, 0.3) is 5.91 Å². The summed E-state index contributed by atoms with van der Waals surface area (Å²) in [6, 6.07) is 10.8. The molecule has 6 nitrogen and oxygen atoms in total. The van der Waals surface area contributed by atoms with Crippen molar-refractivity contribution in [3.63, 3.8) is 0 Å². The molecule has 3 aromatic rings. The first-order chi connectivity index (χ1) is 13.1. The van der Waals surface area contributed by atoms with Crippen molar-refractivity contribution >= 4 is 34.7 Å². The number of amides is 2. The van der Waals surface area contributed by atoms with Gasteiger partial charge in [-0.3, -0.25) is 9.59 Å². The molecule has 0 radical (unpaired) electrons. The van der Waals surface area contributed by atoms with E-state index in [1.54, 1.807) is 23.1 Å². The Morgan fingerprint density at radius 1 is 1.26 bits per heavy atom. The van der Waals surface area contributed by atoms with Crippen LogP contribution in [-0.2, 0) is 11.2 Å². The van der Waals surface area contributed by atoms with Crippen molar-refractivity contribution in [2.24, 2.45) is 0 Å². The number of halogens is 1. The maximum atomic E-state index is 12.7. The zero-order valence-corrected chi connectivity index (χ0v) is 15.4. The predicted octanol–water partition coefficient (Wildman–Crippen LogP) is 3.09. The molecule has 0 aliphatic carbocycles. The highest BCUT2D eigenvalue weighted by Gasteiger charge is 2.26. The van der Waals surface area contributed by atoms with Gasteiger partial charge >= 0.3 is 0 Å². The number of hydrogen-bond donors (Lipinski definition) is 1. The molecule has 1 aromatic carbocycles. The number of nitrogens with one attached hydrogen (secondary N) is 1. The van der Waals surface area contributed by atoms with Crippen LogP contribution < -0.4 is 10.2 Å². The van der Waals surface area contributed by atoms with Crippen molar-refractivity contribution in [3.05, 3.63) is 65.1 Å². The van der Waals surface area contributed by atoms with Gasteiger partial charge in [0.2, 0.25) is 5.91 Å². The normalized spacial score (nSPS) is 14.1. The van der Waals surface area contributed by atoms with Gasteiger partial charge in [0.15, 0.2) is 0 Å². The Bertz CT molecular complexity index is 981. The van der Waals surface area contributed by atoms with Crippen LogP contribution in [0.3, 0.4) is 0 Å². The summed E-state index contributed by atoms with van der Waals surface area (Å²) in [6.45, 7) is 1.07. The van der Waals surface area contributed by atoms with Crippen molar-refractivity contribution in [1.82, 2.24) is 14.7 Å². The van der Waals surface area contributed by atoms with E-state index in [1.807, 2.05) is 35.0 Å². The van der Waals surface area contributed by atoms with Crippen LogP contribution >= 0.6 is 11.6 Å². The first-order valence-corrected chi connectivity index (χ1v) is 9.30. The van der Waals surface area contributed by atoms with Gasteiger partial charge in [0.1, 0.15) is 5.65 Å². The van der Waals surface area contributed by atoms with Crippen LogP contribution in [0.15, 0.2) is 48.8 Å². The maximum absolute atomic E-state index is 12.7. The van der Waals surface area contributed by atoms with Gasteiger partial charge < -0.3 is 14.6 Å². The number of aromatic nitrogens is 2. The van der Waals surface area contributed by atoms with Gasteiger partial charge in [0, 0.05) is 43.3 Å². The molecule has 0 atom stereocenters. The van der Waals surface area contributed by atoms with Gasteiger partial charge in [-0.15, -0.1) is 0 Å². The van der Waals surface area contributed by atoms with Crippen LogP contribution in [0.1, 0.15) is 28.9 Å². The van der Waals surface area contributed by atoms with E-state index in [-0.39, 0.29) is 11.8 Å². The Morgan fingerprint density at radius 3 is 2.93 bits per heavy atom. The number of pyridine rings is 1. The molecule has 0 unspecified atom stereocenters. The number of imidazole rings is 1. The summed E-state index contributed by atoms with van der Waals surface area (Å²) in [5.41, 5.74) is 2.83. The smallest absolute Gasteiger partial charge is 0.253 e. The van der Waals surface area contributed by atoms with Gasteiger partial charge in [-0.25, -0.2) is 4.98 Å². The number of carbonyl (C=O) groups is 2. The lowest BCUT2D eigenvalue weighted by Crippen LogP contribution is -2.30. The highest BCUT2D eigenvalue weighted by molar-refractivity contribution is 6.31. The van der Waals surface area contributed by atoms with Crippen molar-refractivity contribution in [2.45, 2.75) is 19.3 Å². The predicted molar refractivity (Wildman–Crippen MR) is 104 cm³/mol. The fourth-order valence-corrected chi connectivity index (χ4v) is 3.50. The molecule has 27 heavy (non-hydrogen) atoms. The van der Waals surface area contributed by atoms with Crippen molar-refractivity contribution < 1.29 is 9.59 Å². The molecule has 2 amide bonds. The lowest BCUT2D eigenvalue weighted by Gasteiger charge is -2.19. The van der Waals surface area contributed by atoms with Crippen molar-refractivity contribution in [2.75, 3.05) is 18.0 Å². The van der Waals surface area contributed by atoms with Gasteiger partial charge in [-0.1, -0.05) is 17.7 Å². The quantitative estimate of drug-likeness (QED) is 0.737. The molecule has 138 valence electrons. The van der Waals surface area contributed by atoms with E-state index in [4.69, 9.17) is 11.6 Å². The Labute approximate surface area is 161 Å². The van der Waals surface area contributed by atoms with Crippen LogP contribution in [0.4, 0.5) is 5.69 Å². The monoisotopic (exact) mass is 382 g/mol. The van der Waals surface area contributed by atoms with E-state index in [9.17, 15) is 9.59 Å². The number of rotatable bonds is 5. The molecule has 1 aliphatic rings. The molecule has 7 heteroatoms. The molecular formula is C20H19ClN4O2. The van der Waals surface area contributed by atoms with Crippen LogP contribution in [0.2, 0.25) is 5.02 Å². The molecule has 0 bridgehead atoms. The molecule has 1 fully saturated rings. The number of fused-ring (bicyclic) bond motifs is 1. The van der Waals surface area contributed by atoms with Crippen molar-refractivity contribution in [3.8, 4) is 0 Å². The van der Waals surface area contributed by atoms with Crippen LogP contribution in [-0.4, -0.2) is 34.3 Å². The number of nitrogens with zero attached hydrogens (tertiary/aromatic N) is 3. The topological polar surface area (TPSA) is 66.7 Å². The second-order valence-electron chi connectivity index (χ2n) is 6.51. The SMILES string of the molecule is O=C(NCCc1cn2ccccc2n1)c1ccc(Cl)cc1N1CCCC1=O. The Hall–Kier alpha value is -2.86. The maximum Gasteiger partial charge on any atom is 0.253 e.